The fourth-order valence-electron chi connectivity index (χ4n) is 1.59. The maximum atomic E-state index is 12.4. The van der Waals surface area contributed by atoms with E-state index < -0.39 is 10.0 Å². The van der Waals surface area contributed by atoms with Gasteiger partial charge in [0.15, 0.2) is 5.03 Å². The highest BCUT2D eigenvalue weighted by molar-refractivity contribution is 7.89. The minimum Gasteiger partial charge on any atom is -0.383 e. The molecule has 0 unspecified atom stereocenters. The molecule has 0 radical (unpaired) electrons. The van der Waals surface area contributed by atoms with Crippen molar-refractivity contribution in [3.05, 3.63) is 12.5 Å². The van der Waals surface area contributed by atoms with Gasteiger partial charge in [-0.15, -0.1) is 0 Å². The molecule has 0 aliphatic carbocycles. The van der Waals surface area contributed by atoms with E-state index in [-0.39, 0.29) is 5.03 Å². The molecule has 0 fully saturated rings. The number of hydrogen-bond donors (Lipinski definition) is 1. The highest BCUT2D eigenvalue weighted by Gasteiger charge is 2.25. The Bertz CT molecular complexity index is 464. The van der Waals surface area contributed by atoms with Crippen LogP contribution in [0.25, 0.3) is 0 Å². The summed E-state index contributed by atoms with van der Waals surface area (Å²) in [5.41, 5.74) is 5.44. The molecule has 0 aliphatic heterocycles. The van der Waals surface area contributed by atoms with Gasteiger partial charge in [-0.2, -0.15) is 4.31 Å². The first-order valence-electron chi connectivity index (χ1n) is 6.27. The molecule has 7 nitrogen and oxygen atoms in total. The molecule has 0 bridgehead atoms. The summed E-state index contributed by atoms with van der Waals surface area (Å²) in [4.78, 5) is 3.96. The Labute approximate surface area is 114 Å². The van der Waals surface area contributed by atoms with Crippen LogP contribution in [0.5, 0.6) is 0 Å². The van der Waals surface area contributed by atoms with Crippen LogP contribution in [-0.4, -0.2) is 55.6 Å². The van der Waals surface area contributed by atoms with E-state index in [1.54, 1.807) is 11.7 Å². The van der Waals surface area contributed by atoms with Gasteiger partial charge in [0.05, 0.1) is 12.9 Å². The van der Waals surface area contributed by atoms with Crippen LogP contribution in [0.2, 0.25) is 0 Å². The van der Waals surface area contributed by atoms with Gasteiger partial charge >= 0.3 is 0 Å². The van der Waals surface area contributed by atoms with Crippen molar-refractivity contribution in [2.45, 2.75) is 24.9 Å². The summed E-state index contributed by atoms with van der Waals surface area (Å²) in [5.74, 6) is 0. The lowest BCUT2D eigenvalue weighted by Crippen LogP contribution is -2.35. The zero-order valence-electron chi connectivity index (χ0n) is 11.4. The first-order chi connectivity index (χ1) is 9.06. The van der Waals surface area contributed by atoms with Crippen molar-refractivity contribution in [3.63, 3.8) is 0 Å². The third-order valence-corrected chi connectivity index (χ3v) is 4.52. The number of nitrogens with two attached hydrogens (primary N) is 1. The Hall–Kier alpha value is -0.960. The van der Waals surface area contributed by atoms with Crippen molar-refractivity contribution in [3.8, 4) is 0 Å². The van der Waals surface area contributed by atoms with Crippen molar-refractivity contribution < 1.29 is 13.2 Å². The third-order valence-electron chi connectivity index (χ3n) is 2.74. The van der Waals surface area contributed by atoms with Gasteiger partial charge in [0.25, 0.3) is 10.0 Å². The normalized spacial score (nSPS) is 12.2. The highest BCUT2D eigenvalue weighted by atomic mass is 32.2. The molecule has 1 aromatic heterocycles. The third kappa shape index (κ3) is 4.27. The topological polar surface area (TPSA) is 90.5 Å². The van der Waals surface area contributed by atoms with E-state index in [0.29, 0.717) is 39.2 Å². The van der Waals surface area contributed by atoms with Crippen LogP contribution in [0.1, 0.15) is 13.3 Å². The van der Waals surface area contributed by atoms with E-state index in [9.17, 15) is 8.42 Å². The van der Waals surface area contributed by atoms with Crippen molar-refractivity contribution in [1.29, 1.82) is 0 Å². The monoisotopic (exact) mass is 290 g/mol. The molecule has 0 amide bonds. The lowest BCUT2D eigenvalue weighted by Gasteiger charge is -2.20. The number of hydrogen-bond acceptors (Lipinski definition) is 5. The van der Waals surface area contributed by atoms with Crippen molar-refractivity contribution in [1.82, 2.24) is 13.9 Å². The fourth-order valence-corrected chi connectivity index (χ4v) is 2.99. The number of imidazole rings is 1. The lowest BCUT2D eigenvalue weighted by molar-refractivity contribution is 0.178. The molecule has 0 saturated carbocycles. The quantitative estimate of drug-likeness (QED) is 0.685. The first kappa shape index (κ1) is 16.1. The second-order valence-electron chi connectivity index (χ2n) is 4.08. The summed E-state index contributed by atoms with van der Waals surface area (Å²) in [7, 11) is -2.03. The molecular formula is C11H22N4O3S. The number of aryl methyl sites for hydroxylation is 1. The second kappa shape index (κ2) is 7.59. The summed E-state index contributed by atoms with van der Waals surface area (Å²) in [6, 6.07) is 0. The van der Waals surface area contributed by atoms with Gasteiger partial charge in [0.1, 0.15) is 0 Å². The fraction of sp³-hybridized carbons (Fsp3) is 0.727. The molecule has 110 valence electrons. The molecule has 1 rings (SSSR count). The largest absolute Gasteiger partial charge is 0.383 e. The summed E-state index contributed by atoms with van der Waals surface area (Å²) in [6.07, 6.45) is 3.67. The van der Waals surface area contributed by atoms with Gasteiger partial charge in [-0.1, -0.05) is 0 Å². The predicted octanol–water partition coefficient (Wildman–Crippen LogP) is -0.111. The minimum absolute atomic E-state index is 0.0717. The van der Waals surface area contributed by atoms with Crippen molar-refractivity contribution in [2.75, 3.05) is 33.4 Å². The van der Waals surface area contributed by atoms with Gasteiger partial charge < -0.3 is 15.0 Å². The minimum atomic E-state index is -3.57. The molecule has 19 heavy (non-hydrogen) atoms. The molecule has 1 aromatic rings. The Balaban J connectivity index is 2.90. The molecule has 8 heteroatoms. The Kier molecular flexibility index (Phi) is 6.43. The molecule has 0 saturated heterocycles. The van der Waals surface area contributed by atoms with Gasteiger partial charge in [-0.3, -0.25) is 0 Å². The first-order valence-corrected chi connectivity index (χ1v) is 7.71. The molecule has 0 aliphatic rings. The van der Waals surface area contributed by atoms with E-state index in [1.165, 1.54) is 16.8 Å². The van der Waals surface area contributed by atoms with Crippen LogP contribution in [-0.2, 0) is 21.3 Å². The highest BCUT2D eigenvalue weighted by Crippen LogP contribution is 2.13. The summed E-state index contributed by atoms with van der Waals surface area (Å²) in [6.45, 7) is 4.08. The number of nitrogens with zero attached hydrogens (tertiary/aromatic N) is 3. The van der Waals surface area contributed by atoms with Crippen molar-refractivity contribution >= 4 is 10.0 Å². The SMILES string of the molecule is CCn1cnc(S(=O)(=O)N(CCCN)CCOC)c1. The maximum Gasteiger partial charge on any atom is 0.262 e. The smallest absolute Gasteiger partial charge is 0.262 e. The molecule has 0 spiro atoms. The van der Waals surface area contributed by atoms with Crippen LogP contribution in [0, 0.1) is 0 Å². The van der Waals surface area contributed by atoms with Gasteiger partial charge in [-0.25, -0.2) is 13.4 Å². The van der Waals surface area contributed by atoms with Crippen LogP contribution >= 0.6 is 0 Å². The van der Waals surface area contributed by atoms with Crippen LogP contribution < -0.4 is 5.73 Å². The summed E-state index contributed by atoms with van der Waals surface area (Å²) >= 11 is 0. The zero-order valence-corrected chi connectivity index (χ0v) is 12.3. The molecule has 0 aromatic carbocycles. The van der Waals surface area contributed by atoms with Gasteiger partial charge in [0, 0.05) is 32.9 Å². The Morgan fingerprint density at radius 2 is 2.21 bits per heavy atom. The van der Waals surface area contributed by atoms with Crippen LogP contribution in [0.3, 0.4) is 0 Å². The van der Waals surface area contributed by atoms with E-state index in [1.807, 2.05) is 6.92 Å². The van der Waals surface area contributed by atoms with Gasteiger partial charge in [-0.05, 0) is 19.9 Å². The number of methoxy groups -OCH3 is 1. The predicted molar refractivity (Wildman–Crippen MR) is 72.2 cm³/mol. The number of ether oxygens (including phenoxy) is 1. The summed E-state index contributed by atoms with van der Waals surface area (Å²) < 4.78 is 32.9. The standard InChI is InChI=1S/C11H22N4O3S/c1-3-14-9-11(13-10-14)19(16,17)15(6-4-5-12)7-8-18-2/h9-10H,3-8,12H2,1-2H3. The second-order valence-corrected chi connectivity index (χ2v) is 5.97. The van der Waals surface area contributed by atoms with Crippen molar-refractivity contribution in [2.24, 2.45) is 5.73 Å². The number of sulfonamides is 1. The van der Waals surface area contributed by atoms with E-state index in [0.717, 1.165) is 0 Å². The average Bonchev–Trinajstić information content (AvgIpc) is 2.88. The number of rotatable bonds is 9. The molecule has 2 N–H and O–H groups in total. The van der Waals surface area contributed by atoms with E-state index in [4.69, 9.17) is 10.5 Å². The Morgan fingerprint density at radius 1 is 1.47 bits per heavy atom. The van der Waals surface area contributed by atoms with E-state index in [2.05, 4.69) is 4.98 Å². The average molecular weight is 290 g/mol. The molecule has 1 heterocycles. The Morgan fingerprint density at radius 3 is 2.74 bits per heavy atom. The molecule has 0 atom stereocenters. The molecular weight excluding hydrogens is 268 g/mol. The zero-order chi connectivity index (χ0) is 14.3. The van der Waals surface area contributed by atoms with Gasteiger partial charge in [0.2, 0.25) is 0 Å². The number of aromatic nitrogens is 2. The maximum absolute atomic E-state index is 12.4. The summed E-state index contributed by atoms with van der Waals surface area (Å²) in [5, 5.41) is 0.0717. The van der Waals surface area contributed by atoms with E-state index >= 15 is 0 Å². The lowest BCUT2D eigenvalue weighted by atomic mass is 10.4. The van der Waals surface area contributed by atoms with Crippen LogP contribution in [0.15, 0.2) is 17.6 Å². The van der Waals surface area contributed by atoms with Crippen LogP contribution in [0.4, 0.5) is 0 Å².